The van der Waals surface area contributed by atoms with Crippen molar-refractivity contribution in [3.8, 4) is 11.3 Å². The molecule has 22 heavy (non-hydrogen) atoms. The Labute approximate surface area is 136 Å². The molecule has 1 fully saturated rings. The molecule has 0 bridgehead atoms. The second-order valence-electron chi connectivity index (χ2n) is 5.55. The molecule has 0 saturated carbocycles. The topological polar surface area (TPSA) is 41.3 Å². The number of nitrogens with one attached hydrogen (secondary N) is 1. The van der Waals surface area contributed by atoms with Crippen molar-refractivity contribution in [3.05, 3.63) is 41.9 Å². The van der Waals surface area contributed by atoms with Crippen LogP contribution < -0.4 is 5.32 Å². The Morgan fingerprint density at radius 2 is 2.14 bits per heavy atom. The summed E-state index contributed by atoms with van der Waals surface area (Å²) in [6.45, 7) is 2.89. The van der Waals surface area contributed by atoms with E-state index >= 15 is 0 Å². The van der Waals surface area contributed by atoms with E-state index in [1.54, 1.807) is 12.1 Å². The fraction of sp³-hybridized carbons (Fsp3) is 0.438. The highest BCUT2D eigenvalue weighted by Crippen LogP contribution is 2.21. The third kappa shape index (κ3) is 4.06. The van der Waals surface area contributed by atoms with Gasteiger partial charge in [0.2, 0.25) is 0 Å². The minimum absolute atomic E-state index is 0. The Kier molecular flexibility index (Phi) is 5.94. The molecule has 0 aliphatic carbocycles. The van der Waals surface area contributed by atoms with Gasteiger partial charge in [0, 0.05) is 24.2 Å². The molecule has 6 heteroatoms. The number of hydrogen-bond acceptors (Lipinski definition) is 4. The van der Waals surface area contributed by atoms with Crippen LogP contribution in [0.1, 0.15) is 18.6 Å². The number of likely N-dealkylation sites (tertiary alicyclic amines) is 1. The molecule has 1 atom stereocenters. The molecule has 120 valence electrons. The maximum absolute atomic E-state index is 12.9. The number of benzene rings is 1. The minimum Gasteiger partial charge on any atom is -0.359 e. The van der Waals surface area contributed by atoms with Gasteiger partial charge in [0.15, 0.2) is 5.76 Å². The third-order valence-corrected chi connectivity index (χ3v) is 3.99. The number of halogens is 2. The molecular formula is C16H21ClFN3O. The number of piperidine rings is 1. The lowest BCUT2D eigenvalue weighted by atomic mass is 10.1. The van der Waals surface area contributed by atoms with Crippen LogP contribution in [-0.2, 0) is 6.54 Å². The van der Waals surface area contributed by atoms with E-state index in [0.29, 0.717) is 6.04 Å². The van der Waals surface area contributed by atoms with Gasteiger partial charge in [-0.2, -0.15) is 0 Å². The average Bonchev–Trinajstić information content (AvgIpc) is 2.96. The normalized spacial score (nSPS) is 18.9. The van der Waals surface area contributed by atoms with Crippen LogP contribution in [0.5, 0.6) is 0 Å². The van der Waals surface area contributed by atoms with Crippen LogP contribution in [0, 0.1) is 5.82 Å². The number of aromatic nitrogens is 1. The summed E-state index contributed by atoms with van der Waals surface area (Å²) in [5.41, 5.74) is 1.63. The zero-order valence-corrected chi connectivity index (χ0v) is 13.4. The van der Waals surface area contributed by atoms with Gasteiger partial charge in [-0.1, -0.05) is 5.16 Å². The average molecular weight is 326 g/mol. The van der Waals surface area contributed by atoms with Gasteiger partial charge >= 0.3 is 0 Å². The summed E-state index contributed by atoms with van der Waals surface area (Å²) in [5.74, 6) is 0.611. The van der Waals surface area contributed by atoms with E-state index in [4.69, 9.17) is 4.52 Å². The van der Waals surface area contributed by atoms with Crippen molar-refractivity contribution in [2.75, 3.05) is 20.1 Å². The van der Waals surface area contributed by atoms with Crippen molar-refractivity contribution in [1.82, 2.24) is 15.4 Å². The van der Waals surface area contributed by atoms with Gasteiger partial charge in [-0.25, -0.2) is 4.39 Å². The van der Waals surface area contributed by atoms with Crippen LogP contribution in [0.4, 0.5) is 4.39 Å². The molecule has 1 unspecified atom stereocenters. The lowest BCUT2D eigenvalue weighted by molar-refractivity contribution is 0.170. The van der Waals surface area contributed by atoms with E-state index in [9.17, 15) is 4.39 Å². The van der Waals surface area contributed by atoms with Crippen molar-refractivity contribution in [3.63, 3.8) is 0 Å². The molecule has 0 amide bonds. The summed E-state index contributed by atoms with van der Waals surface area (Å²) in [6.07, 6.45) is 2.43. The fourth-order valence-corrected chi connectivity index (χ4v) is 2.80. The molecule has 1 aliphatic heterocycles. The number of likely N-dealkylation sites (N-methyl/N-ethyl adjacent to an activating group) is 1. The van der Waals surface area contributed by atoms with Gasteiger partial charge in [-0.05, 0) is 50.7 Å². The standard InChI is InChI=1S/C16H20FN3O.ClH/c1-18-14-3-2-8-20(10-14)11-15-9-16(19-21-15)12-4-6-13(17)7-5-12;/h4-7,9,14,18H,2-3,8,10-11H2,1H3;1H. The molecule has 2 heterocycles. The van der Waals surface area contributed by atoms with E-state index in [1.807, 2.05) is 13.1 Å². The third-order valence-electron chi connectivity index (χ3n) is 3.99. The summed E-state index contributed by atoms with van der Waals surface area (Å²) in [7, 11) is 2.01. The predicted octanol–water partition coefficient (Wildman–Crippen LogP) is 3.09. The molecule has 1 aliphatic rings. The number of nitrogens with zero attached hydrogens (tertiary/aromatic N) is 2. The van der Waals surface area contributed by atoms with Crippen molar-refractivity contribution >= 4 is 12.4 Å². The fourth-order valence-electron chi connectivity index (χ4n) is 2.80. The van der Waals surface area contributed by atoms with E-state index < -0.39 is 0 Å². The maximum atomic E-state index is 12.9. The lowest BCUT2D eigenvalue weighted by Gasteiger charge is -2.31. The second kappa shape index (κ2) is 7.72. The first-order valence-electron chi connectivity index (χ1n) is 7.36. The largest absolute Gasteiger partial charge is 0.359 e. The van der Waals surface area contributed by atoms with Gasteiger partial charge in [-0.15, -0.1) is 12.4 Å². The van der Waals surface area contributed by atoms with E-state index in [0.717, 1.165) is 36.7 Å². The Bertz CT molecular complexity index is 587. The quantitative estimate of drug-likeness (QED) is 0.938. The summed E-state index contributed by atoms with van der Waals surface area (Å²) >= 11 is 0. The second-order valence-corrected chi connectivity index (χ2v) is 5.55. The molecule has 4 nitrogen and oxygen atoms in total. The van der Waals surface area contributed by atoms with Crippen LogP contribution in [-0.4, -0.2) is 36.2 Å². The highest BCUT2D eigenvalue weighted by molar-refractivity contribution is 5.85. The van der Waals surface area contributed by atoms with Crippen LogP contribution in [0.2, 0.25) is 0 Å². The van der Waals surface area contributed by atoms with Gasteiger partial charge in [0.1, 0.15) is 11.5 Å². The van der Waals surface area contributed by atoms with Crippen LogP contribution >= 0.6 is 12.4 Å². The maximum Gasteiger partial charge on any atom is 0.151 e. The smallest absolute Gasteiger partial charge is 0.151 e. The van der Waals surface area contributed by atoms with Crippen molar-refractivity contribution in [2.45, 2.75) is 25.4 Å². The van der Waals surface area contributed by atoms with Crippen LogP contribution in [0.3, 0.4) is 0 Å². The van der Waals surface area contributed by atoms with Crippen molar-refractivity contribution in [2.24, 2.45) is 0 Å². The zero-order valence-electron chi connectivity index (χ0n) is 12.6. The molecule has 1 saturated heterocycles. The Hall–Kier alpha value is -1.43. The van der Waals surface area contributed by atoms with Gasteiger partial charge in [-0.3, -0.25) is 4.90 Å². The summed E-state index contributed by atoms with van der Waals surface area (Å²) in [4.78, 5) is 2.37. The van der Waals surface area contributed by atoms with Gasteiger partial charge in [0.25, 0.3) is 0 Å². The SMILES string of the molecule is CNC1CCCN(Cc2cc(-c3ccc(F)cc3)no2)C1.Cl. The molecule has 2 aromatic rings. The highest BCUT2D eigenvalue weighted by atomic mass is 35.5. The Balaban J connectivity index is 0.00000176. The van der Waals surface area contributed by atoms with E-state index in [-0.39, 0.29) is 18.2 Å². The Morgan fingerprint density at radius 1 is 1.36 bits per heavy atom. The molecule has 0 radical (unpaired) electrons. The van der Waals surface area contributed by atoms with Gasteiger partial charge < -0.3 is 9.84 Å². The first-order chi connectivity index (χ1) is 10.2. The molecule has 1 aromatic carbocycles. The molecular weight excluding hydrogens is 305 g/mol. The first-order valence-corrected chi connectivity index (χ1v) is 7.36. The first kappa shape index (κ1) is 16.9. The van der Waals surface area contributed by atoms with E-state index in [1.165, 1.54) is 25.0 Å². The monoisotopic (exact) mass is 325 g/mol. The van der Waals surface area contributed by atoms with Crippen LogP contribution in [0.15, 0.2) is 34.9 Å². The number of hydrogen-bond donors (Lipinski definition) is 1. The summed E-state index contributed by atoms with van der Waals surface area (Å²) in [5, 5.41) is 7.41. The molecule has 1 aromatic heterocycles. The lowest BCUT2D eigenvalue weighted by Crippen LogP contribution is -2.43. The number of rotatable bonds is 4. The van der Waals surface area contributed by atoms with Gasteiger partial charge in [0.05, 0.1) is 6.54 Å². The zero-order chi connectivity index (χ0) is 14.7. The van der Waals surface area contributed by atoms with Crippen LogP contribution in [0.25, 0.3) is 11.3 Å². The molecule has 1 N–H and O–H groups in total. The molecule has 3 rings (SSSR count). The highest BCUT2D eigenvalue weighted by Gasteiger charge is 2.19. The summed E-state index contributed by atoms with van der Waals surface area (Å²) in [6, 6.07) is 8.80. The summed E-state index contributed by atoms with van der Waals surface area (Å²) < 4.78 is 18.3. The molecule has 0 spiro atoms. The predicted molar refractivity (Wildman–Crippen MR) is 86.5 cm³/mol. The Morgan fingerprint density at radius 3 is 2.86 bits per heavy atom. The van der Waals surface area contributed by atoms with Crippen molar-refractivity contribution < 1.29 is 8.91 Å². The minimum atomic E-state index is -0.242. The van der Waals surface area contributed by atoms with Crippen molar-refractivity contribution in [1.29, 1.82) is 0 Å². The van der Waals surface area contributed by atoms with E-state index in [2.05, 4.69) is 15.4 Å².